The first kappa shape index (κ1) is 14.8. The van der Waals surface area contributed by atoms with Gasteiger partial charge in [-0.3, -0.25) is 0 Å². The number of thiazole rings is 1. The Labute approximate surface area is 93.1 Å². The van der Waals surface area contributed by atoms with Gasteiger partial charge in [-0.15, -0.1) is 0 Å². The molecule has 1 aromatic heterocycles. The van der Waals surface area contributed by atoms with E-state index in [0.29, 0.717) is 0 Å². The van der Waals surface area contributed by atoms with E-state index in [1.807, 2.05) is 18.6 Å². The maximum absolute atomic E-state index is 10.7. The molecule has 0 bridgehead atoms. The van der Waals surface area contributed by atoms with Gasteiger partial charge in [0, 0.05) is 0 Å². The van der Waals surface area contributed by atoms with Crippen molar-refractivity contribution in [1.82, 2.24) is 0 Å². The van der Waals surface area contributed by atoms with E-state index in [1.165, 1.54) is 11.3 Å². The third kappa shape index (κ3) is 4.56. The normalized spacial score (nSPS) is 11.2. The van der Waals surface area contributed by atoms with Gasteiger partial charge in [0.2, 0.25) is 0 Å². The number of rotatable bonds is 0. The van der Waals surface area contributed by atoms with Crippen LogP contribution in [0.1, 0.15) is 5.01 Å². The van der Waals surface area contributed by atoms with Gasteiger partial charge in [0.15, 0.2) is 22.4 Å². The highest BCUT2D eigenvalue weighted by molar-refractivity contribution is 7.86. The molecule has 0 atom stereocenters. The van der Waals surface area contributed by atoms with Gasteiger partial charge >= 0.3 is 10.5 Å². The van der Waals surface area contributed by atoms with Crippen LogP contribution in [0.4, 0.5) is 13.2 Å². The van der Waals surface area contributed by atoms with Crippen molar-refractivity contribution in [3.8, 4) is 6.07 Å². The second-order valence-electron chi connectivity index (χ2n) is 2.33. The fourth-order valence-corrected chi connectivity index (χ4v) is 1.09. The van der Waals surface area contributed by atoms with E-state index in [-0.39, 0.29) is 0 Å². The maximum atomic E-state index is 10.7. The molecule has 0 aliphatic rings. The molecule has 0 aromatic carbocycles. The molecule has 0 radical (unpaired) electrons. The van der Waals surface area contributed by atoms with E-state index in [4.69, 9.17) is 18.2 Å². The average molecular weight is 274 g/mol. The van der Waals surface area contributed by atoms with E-state index < -0.39 is 15.6 Å². The highest BCUT2D eigenvalue weighted by Crippen LogP contribution is 2.20. The second-order valence-corrected chi connectivity index (χ2v) is 4.60. The molecule has 0 aliphatic heterocycles. The summed E-state index contributed by atoms with van der Waals surface area (Å²) >= 11 is 1.45. The Kier molecular flexibility index (Phi) is 4.85. The summed E-state index contributed by atoms with van der Waals surface area (Å²) in [6, 6.07) is 2.06. The summed E-state index contributed by atoms with van der Waals surface area (Å²) in [6.45, 7) is 0. The Morgan fingerprint density at radius 2 is 2.00 bits per heavy atom. The SMILES string of the molecule is C[n+]1ccsc1C#N.O=S(=O)([O-])C(F)(F)F. The van der Waals surface area contributed by atoms with Crippen LogP contribution in [0.5, 0.6) is 0 Å². The molecule has 0 N–H and O–H groups in total. The molecule has 1 rings (SSSR count). The fourth-order valence-electron chi connectivity index (χ4n) is 0.442. The molecule has 0 amide bonds. The lowest BCUT2D eigenvalue weighted by atomic mass is 10.7. The van der Waals surface area contributed by atoms with E-state index in [1.54, 1.807) is 4.57 Å². The van der Waals surface area contributed by atoms with Crippen LogP contribution in [0.3, 0.4) is 0 Å². The predicted octanol–water partition coefficient (Wildman–Crippen LogP) is 0.496. The van der Waals surface area contributed by atoms with E-state index in [0.717, 1.165) is 5.01 Å². The second kappa shape index (κ2) is 5.24. The molecule has 0 fully saturated rings. The number of alkyl halides is 3. The van der Waals surface area contributed by atoms with Crippen LogP contribution in [0, 0.1) is 11.3 Å². The topological polar surface area (TPSA) is 84.9 Å². The summed E-state index contributed by atoms with van der Waals surface area (Å²) in [6.07, 6.45) is 1.86. The van der Waals surface area contributed by atoms with Crippen molar-refractivity contribution in [2.45, 2.75) is 5.51 Å². The molecule has 0 spiro atoms. The minimum absolute atomic E-state index is 0.741. The Morgan fingerprint density at radius 1 is 1.56 bits per heavy atom. The molecule has 0 aliphatic carbocycles. The molecular formula is C6H5F3N2O3S2. The van der Waals surface area contributed by atoms with Gasteiger partial charge in [0.1, 0.15) is 7.05 Å². The number of aromatic nitrogens is 1. The largest absolute Gasteiger partial charge is 0.741 e. The first-order valence-electron chi connectivity index (χ1n) is 3.45. The van der Waals surface area contributed by atoms with Crippen LogP contribution in [0.2, 0.25) is 0 Å². The van der Waals surface area contributed by atoms with Gasteiger partial charge in [-0.1, -0.05) is 11.3 Å². The van der Waals surface area contributed by atoms with Crippen molar-refractivity contribution in [3.05, 3.63) is 16.6 Å². The van der Waals surface area contributed by atoms with Crippen molar-refractivity contribution in [3.63, 3.8) is 0 Å². The molecular weight excluding hydrogens is 269 g/mol. The number of nitrogens with zero attached hydrogens (tertiary/aromatic N) is 2. The fraction of sp³-hybridized carbons (Fsp3) is 0.333. The highest BCUT2D eigenvalue weighted by Gasteiger charge is 2.36. The summed E-state index contributed by atoms with van der Waals surface area (Å²) in [5.74, 6) is 0. The van der Waals surface area contributed by atoms with Crippen LogP contribution < -0.4 is 4.57 Å². The summed E-state index contributed by atoms with van der Waals surface area (Å²) < 4.78 is 60.7. The molecule has 0 unspecified atom stereocenters. The van der Waals surface area contributed by atoms with Crippen LogP contribution >= 0.6 is 11.3 Å². The minimum atomic E-state index is -6.09. The number of hydrogen-bond acceptors (Lipinski definition) is 5. The Bertz CT molecular complexity index is 486. The summed E-state index contributed by atoms with van der Waals surface area (Å²) in [5, 5.41) is 11.0. The molecule has 5 nitrogen and oxygen atoms in total. The average Bonchev–Trinajstić information content (AvgIpc) is 2.48. The number of hydrogen-bond donors (Lipinski definition) is 0. The van der Waals surface area contributed by atoms with Crippen molar-refractivity contribution in [2.75, 3.05) is 0 Å². The monoisotopic (exact) mass is 274 g/mol. The molecule has 1 heterocycles. The maximum Gasteiger partial charge on any atom is 0.485 e. The zero-order valence-corrected chi connectivity index (χ0v) is 9.36. The zero-order valence-electron chi connectivity index (χ0n) is 7.72. The number of halogens is 3. The van der Waals surface area contributed by atoms with Crippen LogP contribution in [-0.2, 0) is 17.2 Å². The van der Waals surface area contributed by atoms with E-state index in [9.17, 15) is 13.2 Å². The summed E-state index contributed by atoms with van der Waals surface area (Å²) in [7, 11) is -4.23. The van der Waals surface area contributed by atoms with Crippen molar-refractivity contribution < 1.29 is 30.7 Å². The first-order valence-corrected chi connectivity index (χ1v) is 5.73. The Balaban J connectivity index is 0.000000281. The Morgan fingerprint density at radius 3 is 2.12 bits per heavy atom. The summed E-state index contributed by atoms with van der Waals surface area (Å²) in [5.41, 5.74) is -5.65. The van der Waals surface area contributed by atoms with Crippen LogP contribution in [-0.4, -0.2) is 18.5 Å². The molecule has 1 aromatic rings. The van der Waals surface area contributed by atoms with Crippen molar-refractivity contribution in [2.24, 2.45) is 7.05 Å². The van der Waals surface area contributed by atoms with E-state index >= 15 is 0 Å². The molecule has 90 valence electrons. The Hall–Kier alpha value is -1.18. The van der Waals surface area contributed by atoms with Gasteiger partial charge in [-0.2, -0.15) is 23.0 Å². The van der Waals surface area contributed by atoms with Gasteiger partial charge in [0.25, 0.3) is 0 Å². The number of nitriles is 1. The lowest BCUT2D eigenvalue weighted by molar-refractivity contribution is -0.668. The van der Waals surface area contributed by atoms with Gasteiger partial charge < -0.3 is 4.55 Å². The zero-order chi connectivity index (χ0) is 13.0. The highest BCUT2D eigenvalue weighted by atomic mass is 32.2. The lowest BCUT2D eigenvalue weighted by Gasteiger charge is -2.08. The van der Waals surface area contributed by atoms with Crippen LogP contribution in [0.15, 0.2) is 11.6 Å². The molecule has 10 heteroatoms. The lowest BCUT2D eigenvalue weighted by Crippen LogP contribution is -2.27. The third-order valence-corrected chi connectivity index (χ3v) is 2.59. The van der Waals surface area contributed by atoms with E-state index in [2.05, 4.69) is 6.07 Å². The van der Waals surface area contributed by atoms with Gasteiger partial charge in [-0.05, 0) is 0 Å². The first-order chi connectivity index (χ1) is 7.09. The third-order valence-electron chi connectivity index (χ3n) is 1.16. The molecule has 16 heavy (non-hydrogen) atoms. The summed E-state index contributed by atoms with van der Waals surface area (Å²) in [4.78, 5) is 0. The predicted molar refractivity (Wildman–Crippen MR) is 46.0 cm³/mol. The smallest absolute Gasteiger partial charge is 0.485 e. The number of aryl methyl sites for hydroxylation is 1. The standard InChI is InChI=1S/C5H5N2S.CHF3O3S/c1-7-2-3-8-5(7)4-6;2-1(3,4)8(5,6)7/h2-3H,1H3;(H,5,6,7)/q+1;/p-1. The quantitative estimate of drug-likeness (QED) is 0.391. The molecule has 0 saturated carbocycles. The molecule has 0 saturated heterocycles. The minimum Gasteiger partial charge on any atom is -0.741 e. The van der Waals surface area contributed by atoms with Crippen molar-refractivity contribution >= 4 is 21.5 Å². The van der Waals surface area contributed by atoms with Crippen LogP contribution in [0.25, 0.3) is 0 Å². The van der Waals surface area contributed by atoms with Crippen molar-refractivity contribution in [1.29, 1.82) is 5.26 Å². The van der Waals surface area contributed by atoms with Gasteiger partial charge in [-0.25, -0.2) is 8.42 Å². The van der Waals surface area contributed by atoms with Gasteiger partial charge in [0.05, 0.1) is 5.38 Å².